The van der Waals surface area contributed by atoms with Gasteiger partial charge >= 0.3 is 29.6 Å². The number of rotatable bonds is 19. The fourth-order valence-corrected chi connectivity index (χ4v) is 2.53. The van der Waals surface area contributed by atoms with Crippen molar-refractivity contribution < 1.29 is 19.9 Å². The van der Waals surface area contributed by atoms with E-state index in [1.807, 2.05) is 0 Å². The van der Waals surface area contributed by atoms with Crippen LogP contribution in [0.3, 0.4) is 0 Å². The number of aliphatic hydroxyl groups is 2. The molecule has 0 aromatic carbocycles. The maximum atomic E-state index is 8.76. The van der Waals surface area contributed by atoms with Crippen LogP contribution in [0.1, 0.15) is 84.0 Å². The summed E-state index contributed by atoms with van der Waals surface area (Å²) in [5.74, 6) is 0. The summed E-state index contributed by atoms with van der Waals surface area (Å²) in [6, 6.07) is 0. The van der Waals surface area contributed by atoms with Gasteiger partial charge in [-0.15, -0.1) is 0 Å². The van der Waals surface area contributed by atoms with Crippen molar-refractivity contribution in [1.82, 2.24) is 5.23 Å². The molecule has 0 aliphatic rings. The zero-order valence-electron chi connectivity index (χ0n) is 15.2. The summed E-state index contributed by atoms with van der Waals surface area (Å²) in [5.41, 5.74) is 0. The van der Waals surface area contributed by atoms with Crippen LogP contribution < -0.4 is 0 Å². The van der Waals surface area contributed by atoms with E-state index in [-0.39, 0.29) is 56.0 Å². The molecule has 0 saturated heterocycles. The van der Waals surface area contributed by atoms with E-state index >= 15 is 0 Å². The Labute approximate surface area is 171 Å². The Balaban J connectivity index is 0. The van der Waals surface area contributed by atoms with Gasteiger partial charge in [-0.1, -0.05) is 82.8 Å². The quantitative estimate of drug-likeness (QED) is 0.211. The molecule has 0 atom stereocenters. The van der Waals surface area contributed by atoms with Gasteiger partial charge in [0.05, 0.1) is 33.0 Å². The van der Waals surface area contributed by atoms with E-state index < -0.39 is 0 Å². The number of hydrogen-bond acceptors (Lipinski definition) is 5. The average molecular weight is 358 g/mol. The number of unbranched alkanes of at least 4 members (excludes halogenated alkanes) is 11. The summed E-state index contributed by atoms with van der Waals surface area (Å²) in [4.78, 5) is 10.5. The molecule has 0 radical (unpaired) electrons. The summed E-state index contributed by atoms with van der Waals surface area (Å²) >= 11 is 0. The van der Waals surface area contributed by atoms with Gasteiger partial charge in [-0.3, -0.25) is 9.68 Å². The number of hydrogen-bond donors (Lipinski definition) is 2. The molecule has 0 saturated carbocycles. The maximum absolute atomic E-state index is 8.76. The first kappa shape index (κ1) is 27.0. The molecule has 0 aliphatic heterocycles. The Hall–Kier alpha value is 0.800. The van der Waals surface area contributed by atoms with Crippen LogP contribution in [0.25, 0.3) is 0 Å². The first-order valence-electron chi connectivity index (χ1n) is 9.60. The molecule has 0 fully saturated rings. The molecule has 0 bridgehead atoms. The van der Waals surface area contributed by atoms with Gasteiger partial charge in [0, 0.05) is 0 Å². The average Bonchev–Trinajstić information content (AvgIpc) is 2.57. The van der Waals surface area contributed by atoms with Gasteiger partial charge in [-0.05, 0) is 6.42 Å². The summed E-state index contributed by atoms with van der Waals surface area (Å²) < 4.78 is 0. The molecule has 142 valence electrons. The van der Waals surface area contributed by atoms with Gasteiger partial charge in [0.25, 0.3) is 0 Å². The van der Waals surface area contributed by atoms with Crippen molar-refractivity contribution >= 4 is 29.6 Å². The van der Waals surface area contributed by atoms with Gasteiger partial charge < -0.3 is 10.2 Å². The molecule has 0 aromatic heterocycles. The summed E-state index contributed by atoms with van der Waals surface area (Å²) in [5, 5.41) is 18.9. The first-order valence-corrected chi connectivity index (χ1v) is 9.60. The fraction of sp³-hybridized carbons (Fsp3) is 1.00. The van der Waals surface area contributed by atoms with E-state index in [4.69, 9.17) is 19.9 Å². The Morgan fingerprint density at radius 2 is 1.00 bits per heavy atom. The van der Waals surface area contributed by atoms with Crippen LogP contribution in [0, 0.1) is 0 Å². The van der Waals surface area contributed by atoms with E-state index in [1.165, 1.54) is 69.4 Å². The second-order valence-corrected chi connectivity index (χ2v) is 6.06. The second kappa shape index (κ2) is 23.8. The van der Waals surface area contributed by atoms with Crippen LogP contribution in [0.5, 0.6) is 0 Å². The van der Waals surface area contributed by atoms with Crippen LogP contribution in [-0.4, -0.2) is 78.0 Å². The molecule has 0 amide bonds. The van der Waals surface area contributed by atoms with Crippen molar-refractivity contribution in [2.45, 2.75) is 84.0 Å². The molecule has 0 aliphatic carbocycles. The zero-order chi connectivity index (χ0) is 17.0. The number of aliphatic hydroxyl groups excluding tert-OH is 2. The fourth-order valence-electron chi connectivity index (χ4n) is 2.53. The predicted octanol–water partition coefficient (Wildman–Crippen LogP) is 3.19. The van der Waals surface area contributed by atoms with Gasteiger partial charge in [0.15, 0.2) is 0 Å². The van der Waals surface area contributed by atoms with Crippen LogP contribution in [0.2, 0.25) is 0 Å². The van der Waals surface area contributed by atoms with Crippen molar-refractivity contribution in [3.05, 3.63) is 0 Å². The van der Waals surface area contributed by atoms with Gasteiger partial charge in [-0.25, -0.2) is 0 Å². The Morgan fingerprint density at radius 1 is 0.625 bits per heavy atom. The van der Waals surface area contributed by atoms with Crippen molar-refractivity contribution in [3.8, 4) is 0 Å². The van der Waals surface area contributed by atoms with Crippen LogP contribution in [0.15, 0.2) is 0 Å². The molecule has 24 heavy (non-hydrogen) atoms. The van der Waals surface area contributed by atoms with Crippen LogP contribution in [0.4, 0.5) is 0 Å². The van der Waals surface area contributed by atoms with Crippen molar-refractivity contribution in [2.24, 2.45) is 0 Å². The molecule has 0 aromatic rings. The topological polar surface area (TPSA) is 62.2 Å². The van der Waals surface area contributed by atoms with Gasteiger partial charge in [0.1, 0.15) is 0 Å². The van der Waals surface area contributed by atoms with E-state index in [9.17, 15) is 0 Å². The summed E-state index contributed by atoms with van der Waals surface area (Å²) in [6.07, 6.45) is 15.8. The Morgan fingerprint density at radius 3 is 1.38 bits per heavy atom. The molecular weight excluding hydrogens is 317 g/mol. The van der Waals surface area contributed by atoms with E-state index in [2.05, 4.69) is 6.92 Å². The molecule has 0 unspecified atom stereocenters. The summed E-state index contributed by atoms with van der Waals surface area (Å²) in [7, 11) is 0. The monoisotopic (exact) mass is 357 g/mol. The second-order valence-electron chi connectivity index (χ2n) is 6.06. The summed E-state index contributed by atoms with van der Waals surface area (Å²) in [6.45, 7) is 3.33. The Bertz CT molecular complexity index is 215. The third-order valence-electron chi connectivity index (χ3n) is 3.85. The number of nitrogens with zero attached hydrogens (tertiary/aromatic N) is 1. The van der Waals surface area contributed by atoms with Gasteiger partial charge in [0.2, 0.25) is 0 Å². The van der Waals surface area contributed by atoms with E-state index in [1.54, 1.807) is 0 Å². The standard InChI is InChI=1S/C18H39NO4.Na.H/c1-2-3-4-5-6-7-8-9-10-11-12-13-14-19(22-17-15-20)23-18-16-21;;/h20-21H,2-18H2,1H3;;. The zero-order valence-corrected chi connectivity index (χ0v) is 15.2. The predicted molar refractivity (Wildman–Crippen MR) is 101 cm³/mol. The molecule has 5 nitrogen and oxygen atoms in total. The normalized spacial score (nSPS) is 11.0. The Kier molecular flexibility index (Phi) is 26.8. The molecule has 0 spiro atoms. The molecule has 2 N–H and O–H groups in total. The first-order chi connectivity index (χ1) is 11.3. The minimum atomic E-state index is -0.0303. The van der Waals surface area contributed by atoms with Crippen molar-refractivity contribution in [1.29, 1.82) is 0 Å². The van der Waals surface area contributed by atoms with Gasteiger partial charge in [-0.2, -0.15) is 0 Å². The third-order valence-corrected chi connectivity index (χ3v) is 3.85. The minimum absolute atomic E-state index is 0. The van der Waals surface area contributed by atoms with Crippen LogP contribution >= 0.6 is 0 Å². The van der Waals surface area contributed by atoms with E-state index in [0.717, 1.165) is 12.8 Å². The van der Waals surface area contributed by atoms with Crippen molar-refractivity contribution in [2.75, 3.05) is 33.0 Å². The molecule has 6 heteroatoms. The third kappa shape index (κ3) is 20.8. The van der Waals surface area contributed by atoms with E-state index in [0.29, 0.717) is 6.54 Å². The molecular formula is C18H40NNaO4. The van der Waals surface area contributed by atoms with Crippen molar-refractivity contribution in [3.63, 3.8) is 0 Å². The number of hydroxylamine groups is 2. The molecule has 0 heterocycles. The SMILES string of the molecule is CCCCCCCCCCCCCCN(OCCO)OCCO.[NaH]. The molecule has 0 rings (SSSR count). The van der Waals surface area contributed by atoms with Crippen LogP contribution in [-0.2, 0) is 9.68 Å².